The second-order valence-corrected chi connectivity index (χ2v) is 7.42. The minimum Gasteiger partial charge on any atom is -0.497 e. The number of benzene rings is 3. The van der Waals surface area contributed by atoms with Crippen LogP contribution in [0.3, 0.4) is 0 Å². The lowest BCUT2D eigenvalue weighted by Gasteiger charge is -2.10. The summed E-state index contributed by atoms with van der Waals surface area (Å²) in [7, 11) is 3.18. The van der Waals surface area contributed by atoms with Gasteiger partial charge in [-0.15, -0.1) is 0 Å². The predicted molar refractivity (Wildman–Crippen MR) is 120 cm³/mol. The summed E-state index contributed by atoms with van der Waals surface area (Å²) in [4.78, 5) is 23.9. The van der Waals surface area contributed by atoms with Gasteiger partial charge in [0.05, 0.1) is 18.9 Å². The Kier molecular flexibility index (Phi) is 5.86. The van der Waals surface area contributed by atoms with Gasteiger partial charge in [0, 0.05) is 11.6 Å². The zero-order valence-electron chi connectivity index (χ0n) is 16.8. The van der Waals surface area contributed by atoms with Gasteiger partial charge in [0.2, 0.25) is 0 Å². The van der Waals surface area contributed by atoms with Crippen LogP contribution < -0.4 is 19.1 Å². The van der Waals surface area contributed by atoms with Gasteiger partial charge in [-0.2, -0.15) is 0 Å². The van der Waals surface area contributed by atoms with Crippen LogP contribution in [0.15, 0.2) is 76.0 Å². The first kappa shape index (κ1) is 20.4. The normalized spacial score (nSPS) is 11.0. The predicted octanol–water partition coefficient (Wildman–Crippen LogP) is 5.16. The van der Waals surface area contributed by atoms with E-state index < -0.39 is 10.9 Å². The van der Waals surface area contributed by atoms with Crippen molar-refractivity contribution >= 4 is 33.7 Å². The van der Waals surface area contributed by atoms with Crippen molar-refractivity contribution in [3.8, 4) is 28.4 Å². The molecule has 0 bridgehead atoms. The molecule has 0 amide bonds. The second-order valence-electron chi connectivity index (χ2n) is 6.48. The van der Waals surface area contributed by atoms with Crippen molar-refractivity contribution in [2.75, 3.05) is 14.2 Å². The third kappa shape index (κ3) is 4.51. The van der Waals surface area contributed by atoms with Gasteiger partial charge in [-0.3, -0.25) is 0 Å². The highest BCUT2D eigenvalue weighted by atomic mass is 32.1. The largest absolute Gasteiger partial charge is 0.497 e. The highest BCUT2D eigenvalue weighted by Crippen LogP contribution is 2.39. The maximum atomic E-state index is 12.5. The molecule has 0 spiro atoms. The molecule has 1 aromatic heterocycles. The molecule has 0 saturated heterocycles. The monoisotopic (exact) mass is 434 g/mol. The minimum atomic E-state index is -0.541. The summed E-state index contributed by atoms with van der Waals surface area (Å²) in [6.45, 7) is 0. The Morgan fingerprint density at radius 3 is 2.19 bits per heavy atom. The molecule has 4 aromatic rings. The SMILES string of the molecule is COc1ccc(C=CC(=O)Oc2ccc3oc(=O)sc3c2-c2ccc(OC)cc2)cc1. The molecule has 1 heterocycles. The first-order valence-electron chi connectivity index (χ1n) is 9.32. The lowest BCUT2D eigenvalue weighted by Crippen LogP contribution is -2.04. The van der Waals surface area contributed by atoms with Crippen molar-refractivity contribution in [1.82, 2.24) is 0 Å². The number of carbonyl (C=O) groups excluding carboxylic acids is 1. The lowest BCUT2D eigenvalue weighted by molar-refractivity contribution is -0.128. The molecule has 4 rings (SSSR count). The molecule has 31 heavy (non-hydrogen) atoms. The van der Waals surface area contributed by atoms with Crippen LogP contribution in [-0.2, 0) is 4.79 Å². The highest BCUT2D eigenvalue weighted by Gasteiger charge is 2.17. The van der Waals surface area contributed by atoms with E-state index in [4.69, 9.17) is 18.6 Å². The molecule has 7 heteroatoms. The number of ether oxygens (including phenoxy) is 3. The maximum Gasteiger partial charge on any atom is 0.396 e. The van der Waals surface area contributed by atoms with E-state index in [1.807, 2.05) is 36.4 Å². The lowest BCUT2D eigenvalue weighted by atomic mass is 10.0. The molecule has 0 aliphatic rings. The van der Waals surface area contributed by atoms with Gasteiger partial charge in [0.15, 0.2) is 0 Å². The van der Waals surface area contributed by atoms with Crippen molar-refractivity contribution in [2.45, 2.75) is 0 Å². The third-order valence-electron chi connectivity index (χ3n) is 4.58. The first-order valence-corrected chi connectivity index (χ1v) is 10.1. The Hall–Kier alpha value is -3.84. The zero-order chi connectivity index (χ0) is 21.8. The van der Waals surface area contributed by atoms with Gasteiger partial charge in [-0.25, -0.2) is 9.59 Å². The van der Waals surface area contributed by atoms with Crippen LogP contribution in [0.1, 0.15) is 5.56 Å². The summed E-state index contributed by atoms with van der Waals surface area (Å²) < 4.78 is 21.8. The van der Waals surface area contributed by atoms with E-state index in [9.17, 15) is 9.59 Å². The Labute approximate surface area is 181 Å². The Morgan fingerprint density at radius 2 is 1.55 bits per heavy atom. The van der Waals surface area contributed by atoms with Gasteiger partial charge < -0.3 is 18.6 Å². The molecule has 0 unspecified atom stereocenters. The summed E-state index contributed by atoms with van der Waals surface area (Å²) in [6.07, 6.45) is 3.01. The van der Waals surface area contributed by atoms with E-state index in [0.29, 0.717) is 27.3 Å². The molecule has 0 radical (unpaired) electrons. The summed E-state index contributed by atoms with van der Waals surface area (Å²) in [6, 6.07) is 17.8. The topological polar surface area (TPSA) is 75.0 Å². The number of fused-ring (bicyclic) bond motifs is 1. The molecular formula is C24H18O6S. The van der Waals surface area contributed by atoms with Crippen molar-refractivity contribution in [2.24, 2.45) is 0 Å². The highest BCUT2D eigenvalue weighted by molar-refractivity contribution is 7.16. The van der Waals surface area contributed by atoms with E-state index in [-0.39, 0.29) is 0 Å². The quantitative estimate of drug-likeness (QED) is 0.237. The smallest absolute Gasteiger partial charge is 0.396 e. The molecule has 0 fully saturated rings. The summed E-state index contributed by atoms with van der Waals surface area (Å²) in [5, 5.41) is 0. The fourth-order valence-corrected chi connectivity index (χ4v) is 3.89. The molecule has 6 nitrogen and oxygen atoms in total. The van der Waals surface area contributed by atoms with E-state index in [1.54, 1.807) is 44.6 Å². The Morgan fingerprint density at radius 1 is 0.903 bits per heavy atom. The summed E-state index contributed by atoms with van der Waals surface area (Å²) >= 11 is 0.964. The number of rotatable bonds is 6. The molecule has 0 aliphatic carbocycles. The maximum absolute atomic E-state index is 12.5. The third-order valence-corrected chi connectivity index (χ3v) is 5.44. The van der Waals surface area contributed by atoms with Crippen LogP contribution in [0.4, 0.5) is 0 Å². The summed E-state index contributed by atoms with van der Waals surface area (Å²) in [5.74, 6) is 1.22. The molecular weight excluding hydrogens is 416 g/mol. The van der Waals surface area contributed by atoms with Gasteiger partial charge in [0.25, 0.3) is 0 Å². The van der Waals surface area contributed by atoms with E-state index in [2.05, 4.69) is 0 Å². The number of esters is 1. The van der Waals surface area contributed by atoms with Gasteiger partial charge >= 0.3 is 10.9 Å². The summed E-state index contributed by atoms with van der Waals surface area (Å²) in [5.41, 5.74) is 2.65. The van der Waals surface area contributed by atoms with Gasteiger partial charge in [-0.1, -0.05) is 35.6 Å². The van der Waals surface area contributed by atoms with Crippen LogP contribution in [-0.4, -0.2) is 20.2 Å². The van der Waals surface area contributed by atoms with Gasteiger partial charge in [-0.05, 0) is 53.6 Å². The Balaban J connectivity index is 1.66. The minimum absolute atomic E-state index is 0.332. The van der Waals surface area contributed by atoms with Crippen molar-refractivity contribution in [1.29, 1.82) is 0 Å². The zero-order valence-corrected chi connectivity index (χ0v) is 17.6. The second kappa shape index (κ2) is 8.89. The average molecular weight is 434 g/mol. The van der Waals surface area contributed by atoms with Crippen LogP contribution in [0.5, 0.6) is 17.2 Å². The standard InChI is InChI=1S/C24H18O6S/c1-27-17-8-3-15(4-9-17)5-14-21(25)29-19-12-13-20-23(31-24(26)30-20)22(19)16-6-10-18(28-2)11-7-16/h3-14H,1-2H3. The average Bonchev–Trinajstić information content (AvgIpc) is 3.18. The molecule has 3 aromatic carbocycles. The molecule has 0 saturated carbocycles. The number of carbonyl (C=O) groups is 1. The fourth-order valence-electron chi connectivity index (χ4n) is 3.06. The number of hydrogen-bond donors (Lipinski definition) is 0. The number of methoxy groups -OCH3 is 2. The Bertz CT molecular complexity index is 1300. The fraction of sp³-hybridized carbons (Fsp3) is 0.0833. The van der Waals surface area contributed by atoms with Crippen LogP contribution in [0.2, 0.25) is 0 Å². The van der Waals surface area contributed by atoms with Crippen LogP contribution >= 0.6 is 11.3 Å². The van der Waals surface area contributed by atoms with Crippen molar-refractivity contribution in [3.05, 3.63) is 82.0 Å². The first-order chi connectivity index (χ1) is 15.1. The molecule has 0 aliphatic heterocycles. The van der Waals surface area contributed by atoms with Crippen molar-refractivity contribution in [3.63, 3.8) is 0 Å². The van der Waals surface area contributed by atoms with E-state index >= 15 is 0 Å². The van der Waals surface area contributed by atoms with E-state index in [1.165, 1.54) is 6.08 Å². The number of hydrogen-bond acceptors (Lipinski definition) is 7. The van der Waals surface area contributed by atoms with Crippen molar-refractivity contribution < 1.29 is 23.4 Å². The molecule has 0 atom stereocenters. The molecule has 0 N–H and O–H groups in total. The van der Waals surface area contributed by atoms with Gasteiger partial charge in [0.1, 0.15) is 22.8 Å². The van der Waals surface area contributed by atoms with E-state index in [0.717, 1.165) is 28.2 Å². The van der Waals surface area contributed by atoms with Crippen LogP contribution in [0.25, 0.3) is 27.5 Å². The molecule has 156 valence electrons. The van der Waals surface area contributed by atoms with Crippen LogP contribution in [0, 0.1) is 0 Å².